The first-order valence-electron chi connectivity index (χ1n) is 9.44. The van der Waals surface area contributed by atoms with Crippen molar-refractivity contribution in [3.05, 3.63) is 45.8 Å². The lowest BCUT2D eigenvalue weighted by atomic mass is 9.98. The van der Waals surface area contributed by atoms with Crippen molar-refractivity contribution < 1.29 is 14.3 Å². The van der Waals surface area contributed by atoms with Gasteiger partial charge in [0, 0.05) is 35.2 Å². The number of aromatic nitrogens is 2. The van der Waals surface area contributed by atoms with Gasteiger partial charge in [-0.25, -0.2) is 4.68 Å². The molecule has 0 radical (unpaired) electrons. The number of benzene rings is 1. The quantitative estimate of drug-likeness (QED) is 0.631. The van der Waals surface area contributed by atoms with E-state index in [0.717, 1.165) is 11.4 Å². The van der Waals surface area contributed by atoms with E-state index in [1.807, 2.05) is 37.6 Å². The number of nitrogens with zero attached hydrogens (tertiary/aromatic N) is 4. The molecule has 1 aliphatic heterocycles. The maximum Gasteiger partial charge on any atom is 0.274 e. The third-order valence-corrected chi connectivity index (χ3v) is 5.97. The second-order valence-corrected chi connectivity index (χ2v) is 8.83. The van der Waals surface area contributed by atoms with Crippen LogP contribution in [-0.4, -0.2) is 40.3 Å². The van der Waals surface area contributed by atoms with Crippen LogP contribution in [0.3, 0.4) is 0 Å². The predicted octanol–water partition coefficient (Wildman–Crippen LogP) is 4.24. The Kier molecular flexibility index (Phi) is 4.79. The summed E-state index contributed by atoms with van der Waals surface area (Å²) in [6.07, 6.45) is 0. The fourth-order valence-electron chi connectivity index (χ4n) is 3.34. The lowest BCUT2D eigenvalue weighted by Gasteiger charge is -2.31. The Bertz CT molecular complexity index is 1170. The SMILES string of the molecule is COc1cc2c(cc1C#N)-c1c(c(C(=O)N(C)C(C)(C)C)nn1-c1ccsc1)CO2. The van der Waals surface area contributed by atoms with Crippen LogP contribution in [0.4, 0.5) is 0 Å². The van der Waals surface area contributed by atoms with Crippen molar-refractivity contribution in [2.45, 2.75) is 32.9 Å². The minimum atomic E-state index is -0.356. The molecule has 0 saturated carbocycles. The number of hydrogen-bond donors (Lipinski definition) is 0. The molecule has 0 spiro atoms. The van der Waals surface area contributed by atoms with Gasteiger partial charge in [0.15, 0.2) is 5.69 Å². The zero-order chi connectivity index (χ0) is 21.6. The molecule has 7 nitrogen and oxygen atoms in total. The Morgan fingerprint density at radius 2 is 2.17 bits per heavy atom. The van der Waals surface area contributed by atoms with E-state index >= 15 is 0 Å². The van der Waals surface area contributed by atoms with Crippen LogP contribution in [0.2, 0.25) is 0 Å². The van der Waals surface area contributed by atoms with Gasteiger partial charge in [-0.05, 0) is 38.3 Å². The smallest absolute Gasteiger partial charge is 0.274 e. The fourth-order valence-corrected chi connectivity index (χ4v) is 3.95. The van der Waals surface area contributed by atoms with E-state index in [2.05, 4.69) is 6.07 Å². The summed E-state index contributed by atoms with van der Waals surface area (Å²) in [5.41, 5.74) is 3.44. The van der Waals surface area contributed by atoms with E-state index in [-0.39, 0.29) is 18.1 Å². The van der Waals surface area contributed by atoms with Crippen LogP contribution in [0.1, 0.15) is 42.4 Å². The molecule has 0 atom stereocenters. The molecule has 1 aromatic carbocycles. The van der Waals surface area contributed by atoms with Crippen LogP contribution in [0.15, 0.2) is 29.0 Å². The Balaban J connectivity index is 1.97. The van der Waals surface area contributed by atoms with E-state index in [0.29, 0.717) is 33.9 Å². The number of hydrogen-bond acceptors (Lipinski definition) is 6. The summed E-state index contributed by atoms with van der Waals surface area (Å²) in [5, 5.41) is 18.2. The number of amides is 1. The molecule has 8 heteroatoms. The van der Waals surface area contributed by atoms with E-state index in [4.69, 9.17) is 14.6 Å². The maximum absolute atomic E-state index is 13.3. The third kappa shape index (κ3) is 3.12. The molecule has 0 N–H and O–H groups in total. The summed E-state index contributed by atoms with van der Waals surface area (Å²) in [6, 6.07) is 7.56. The van der Waals surface area contributed by atoms with Gasteiger partial charge in [0.25, 0.3) is 5.91 Å². The van der Waals surface area contributed by atoms with E-state index in [1.54, 1.807) is 40.1 Å². The molecule has 3 aromatic rings. The third-order valence-electron chi connectivity index (χ3n) is 5.30. The van der Waals surface area contributed by atoms with Crippen molar-refractivity contribution >= 4 is 17.2 Å². The molecule has 154 valence electrons. The van der Waals surface area contributed by atoms with Gasteiger partial charge in [-0.3, -0.25) is 4.79 Å². The van der Waals surface area contributed by atoms with Crippen molar-refractivity contribution in [3.63, 3.8) is 0 Å². The lowest BCUT2D eigenvalue weighted by Crippen LogP contribution is -2.43. The van der Waals surface area contributed by atoms with Crippen LogP contribution >= 0.6 is 11.3 Å². The summed E-state index contributed by atoms with van der Waals surface area (Å²) < 4.78 is 13.1. The number of fused-ring (bicyclic) bond motifs is 3. The average molecular weight is 423 g/mol. The molecule has 0 saturated heterocycles. The zero-order valence-corrected chi connectivity index (χ0v) is 18.3. The topological polar surface area (TPSA) is 80.4 Å². The van der Waals surface area contributed by atoms with E-state index in [1.165, 1.54) is 7.11 Å². The minimum Gasteiger partial charge on any atom is -0.495 e. The average Bonchev–Trinajstić information content (AvgIpc) is 3.38. The van der Waals surface area contributed by atoms with Crippen molar-refractivity contribution in [3.8, 4) is 34.5 Å². The van der Waals surface area contributed by atoms with Crippen LogP contribution in [0, 0.1) is 11.3 Å². The first-order chi connectivity index (χ1) is 14.3. The first-order valence-corrected chi connectivity index (χ1v) is 10.4. The monoisotopic (exact) mass is 422 g/mol. The largest absolute Gasteiger partial charge is 0.495 e. The highest BCUT2D eigenvalue weighted by Crippen LogP contribution is 2.43. The number of nitriles is 1. The molecule has 1 amide bonds. The second-order valence-electron chi connectivity index (χ2n) is 8.05. The van der Waals surface area contributed by atoms with Crippen LogP contribution in [0.5, 0.6) is 11.5 Å². The van der Waals surface area contributed by atoms with Crippen LogP contribution in [0.25, 0.3) is 16.9 Å². The Labute approximate surface area is 179 Å². The van der Waals surface area contributed by atoms with Gasteiger partial charge < -0.3 is 14.4 Å². The molecule has 3 heterocycles. The number of thiophene rings is 1. The molecule has 0 bridgehead atoms. The van der Waals surface area contributed by atoms with Crippen molar-refractivity contribution in [2.24, 2.45) is 0 Å². The summed E-state index contributed by atoms with van der Waals surface area (Å²) in [6.45, 7) is 6.14. The molecular formula is C22H22N4O3S. The zero-order valence-electron chi connectivity index (χ0n) is 17.5. The number of carbonyl (C=O) groups is 1. The van der Waals surface area contributed by atoms with Crippen molar-refractivity contribution in [2.75, 3.05) is 14.2 Å². The molecule has 1 aliphatic rings. The summed E-state index contributed by atoms with van der Waals surface area (Å²) in [7, 11) is 3.29. The Hall–Kier alpha value is -3.31. The van der Waals surface area contributed by atoms with Crippen LogP contribution in [-0.2, 0) is 6.61 Å². The molecular weight excluding hydrogens is 400 g/mol. The van der Waals surface area contributed by atoms with Gasteiger partial charge in [-0.15, -0.1) is 0 Å². The number of methoxy groups -OCH3 is 1. The summed E-state index contributed by atoms with van der Waals surface area (Å²) in [4.78, 5) is 15.0. The van der Waals surface area contributed by atoms with Crippen LogP contribution < -0.4 is 9.47 Å². The molecule has 2 aromatic heterocycles. The van der Waals surface area contributed by atoms with Crippen molar-refractivity contribution in [1.82, 2.24) is 14.7 Å². The van der Waals surface area contributed by atoms with Gasteiger partial charge >= 0.3 is 0 Å². The normalized spacial score (nSPS) is 12.4. The maximum atomic E-state index is 13.3. The molecule has 0 unspecified atom stereocenters. The highest BCUT2D eigenvalue weighted by molar-refractivity contribution is 7.08. The molecule has 0 fully saturated rings. The van der Waals surface area contributed by atoms with Gasteiger partial charge in [-0.1, -0.05) is 0 Å². The highest BCUT2D eigenvalue weighted by Gasteiger charge is 2.34. The predicted molar refractivity (Wildman–Crippen MR) is 114 cm³/mol. The standard InChI is InChI=1S/C22H22N4O3S/c1-22(2,3)25(4)21(27)19-16-11-29-18-9-17(28-5)13(10-23)8-15(18)20(16)26(24-19)14-6-7-30-12-14/h6-9,12H,11H2,1-5H3. The lowest BCUT2D eigenvalue weighted by molar-refractivity contribution is 0.0646. The number of ether oxygens (including phenoxy) is 2. The van der Waals surface area contributed by atoms with Crippen molar-refractivity contribution in [1.29, 1.82) is 5.26 Å². The van der Waals surface area contributed by atoms with Gasteiger partial charge in [-0.2, -0.15) is 21.7 Å². The molecule has 4 rings (SSSR count). The highest BCUT2D eigenvalue weighted by atomic mass is 32.1. The second kappa shape index (κ2) is 7.18. The van der Waals surface area contributed by atoms with Gasteiger partial charge in [0.2, 0.25) is 0 Å². The first kappa shape index (κ1) is 20.0. The minimum absolute atomic E-state index is 0.172. The molecule has 0 aliphatic carbocycles. The number of carbonyl (C=O) groups excluding carboxylic acids is 1. The molecule has 30 heavy (non-hydrogen) atoms. The van der Waals surface area contributed by atoms with Gasteiger partial charge in [0.1, 0.15) is 24.2 Å². The Morgan fingerprint density at radius 1 is 1.40 bits per heavy atom. The summed E-state index contributed by atoms with van der Waals surface area (Å²) >= 11 is 1.55. The Morgan fingerprint density at radius 3 is 2.77 bits per heavy atom. The van der Waals surface area contributed by atoms with E-state index < -0.39 is 0 Å². The number of rotatable bonds is 3. The van der Waals surface area contributed by atoms with E-state index in [9.17, 15) is 10.1 Å². The summed E-state index contributed by atoms with van der Waals surface area (Å²) in [5.74, 6) is 0.872. The fraction of sp³-hybridized carbons (Fsp3) is 0.318. The van der Waals surface area contributed by atoms with Gasteiger partial charge in [0.05, 0.1) is 24.1 Å².